The van der Waals surface area contributed by atoms with Gasteiger partial charge in [-0.05, 0) is 48.5 Å². The van der Waals surface area contributed by atoms with E-state index in [1.165, 1.54) is 0 Å². The summed E-state index contributed by atoms with van der Waals surface area (Å²) in [5, 5.41) is 7.53. The first kappa shape index (κ1) is 19.9. The lowest BCUT2D eigenvalue weighted by Gasteiger charge is -2.09. The minimum absolute atomic E-state index is 0.338. The van der Waals surface area contributed by atoms with E-state index in [2.05, 4.69) is 10.4 Å². The molecule has 0 bridgehead atoms. The van der Waals surface area contributed by atoms with Crippen LogP contribution < -0.4 is 15.8 Å². The molecule has 1 heterocycles. The third-order valence-corrected chi connectivity index (χ3v) is 4.77. The summed E-state index contributed by atoms with van der Waals surface area (Å²) in [7, 11) is 1.58. The number of primary amides is 1. The summed E-state index contributed by atoms with van der Waals surface area (Å²) in [4.78, 5) is 24.4. The Bertz CT molecular complexity index is 1230. The summed E-state index contributed by atoms with van der Waals surface area (Å²) in [5.74, 6) is -0.254. The highest BCUT2D eigenvalue weighted by molar-refractivity contribution is 6.08. The number of benzene rings is 3. The van der Waals surface area contributed by atoms with Gasteiger partial charge < -0.3 is 15.8 Å². The first-order valence-corrected chi connectivity index (χ1v) is 9.56. The molecule has 154 valence electrons. The fraction of sp³-hybridized carbons (Fsp3) is 0.0417. The third-order valence-electron chi connectivity index (χ3n) is 4.77. The zero-order chi connectivity index (χ0) is 21.8. The molecule has 0 unspecified atom stereocenters. The van der Waals surface area contributed by atoms with Crippen molar-refractivity contribution in [3.8, 4) is 22.7 Å². The molecule has 7 nitrogen and oxygen atoms in total. The van der Waals surface area contributed by atoms with Gasteiger partial charge in [0.2, 0.25) is 5.91 Å². The van der Waals surface area contributed by atoms with Gasteiger partial charge in [-0.25, -0.2) is 4.68 Å². The van der Waals surface area contributed by atoms with Crippen molar-refractivity contribution in [2.45, 2.75) is 0 Å². The smallest absolute Gasteiger partial charge is 0.259 e. The number of ether oxygens (including phenoxy) is 1. The van der Waals surface area contributed by atoms with Gasteiger partial charge >= 0.3 is 0 Å². The second-order valence-electron chi connectivity index (χ2n) is 6.77. The van der Waals surface area contributed by atoms with E-state index in [4.69, 9.17) is 10.5 Å². The number of anilines is 1. The van der Waals surface area contributed by atoms with Crippen molar-refractivity contribution < 1.29 is 14.3 Å². The van der Waals surface area contributed by atoms with Crippen molar-refractivity contribution in [1.82, 2.24) is 9.78 Å². The molecule has 0 saturated heterocycles. The third kappa shape index (κ3) is 4.16. The number of nitrogens with two attached hydrogens (primary N) is 1. The number of carbonyl (C=O) groups excluding carboxylic acids is 2. The number of hydrogen-bond acceptors (Lipinski definition) is 4. The summed E-state index contributed by atoms with van der Waals surface area (Å²) >= 11 is 0. The lowest BCUT2D eigenvalue weighted by Crippen LogP contribution is -2.13. The molecule has 0 spiro atoms. The maximum atomic E-state index is 13.2. The summed E-state index contributed by atoms with van der Waals surface area (Å²) < 4.78 is 7.14. The summed E-state index contributed by atoms with van der Waals surface area (Å²) in [6.45, 7) is 0. The van der Waals surface area contributed by atoms with Crippen molar-refractivity contribution in [3.05, 3.63) is 96.2 Å². The van der Waals surface area contributed by atoms with Crippen LogP contribution in [0.25, 0.3) is 16.9 Å². The van der Waals surface area contributed by atoms with Gasteiger partial charge in [0.25, 0.3) is 5.91 Å². The van der Waals surface area contributed by atoms with Crippen LogP contribution in [0.3, 0.4) is 0 Å². The minimum atomic E-state index is -0.527. The highest BCUT2D eigenvalue weighted by atomic mass is 16.5. The summed E-state index contributed by atoms with van der Waals surface area (Å²) in [5.41, 5.74) is 8.58. The van der Waals surface area contributed by atoms with E-state index in [1.807, 2.05) is 54.6 Å². The molecule has 0 saturated carbocycles. The Kier molecular flexibility index (Phi) is 5.49. The first-order chi connectivity index (χ1) is 15.1. The number of nitrogens with one attached hydrogen (secondary N) is 1. The van der Waals surface area contributed by atoms with Crippen LogP contribution in [0.5, 0.6) is 5.75 Å². The molecule has 1 aromatic heterocycles. The van der Waals surface area contributed by atoms with Crippen molar-refractivity contribution >= 4 is 17.5 Å². The summed E-state index contributed by atoms with van der Waals surface area (Å²) in [6, 6.07) is 23.3. The number of aromatic nitrogens is 2. The van der Waals surface area contributed by atoms with Crippen molar-refractivity contribution in [3.63, 3.8) is 0 Å². The van der Waals surface area contributed by atoms with Gasteiger partial charge in [-0.2, -0.15) is 5.10 Å². The predicted molar refractivity (Wildman–Crippen MR) is 118 cm³/mol. The van der Waals surface area contributed by atoms with Gasteiger partial charge in [0, 0.05) is 23.0 Å². The van der Waals surface area contributed by atoms with Crippen LogP contribution in [0, 0.1) is 0 Å². The number of carbonyl (C=O) groups is 2. The zero-order valence-corrected chi connectivity index (χ0v) is 16.8. The Morgan fingerprint density at radius 2 is 1.61 bits per heavy atom. The average molecular weight is 412 g/mol. The Labute approximate surface area is 179 Å². The largest absolute Gasteiger partial charge is 0.496 e. The molecule has 0 aliphatic heterocycles. The molecule has 0 aliphatic carbocycles. The van der Waals surface area contributed by atoms with E-state index in [0.717, 1.165) is 5.69 Å². The predicted octanol–water partition coefficient (Wildman–Crippen LogP) is 3.90. The zero-order valence-electron chi connectivity index (χ0n) is 16.8. The van der Waals surface area contributed by atoms with Gasteiger partial charge in [0.1, 0.15) is 11.4 Å². The van der Waals surface area contributed by atoms with E-state index in [9.17, 15) is 9.59 Å². The Hall–Kier alpha value is -4.39. The Morgan fingerprint density at radius 1 is 0.935 bits per heavy atom. The quantitative estimate of drug-likeness (QED) is 0.502. The van der Waals surface area contributed by atoms with E-state index < -0.39 is 5.91 Å². The van der Waals surface area contributed by atoms with Gasteiger partial charge in [0.05, 0.1) is 18.4 Å². The molecule has 0 atom stereocenters. The number of nitrogens with zero attached hydrogens (tertiary/aromatic N) is 2. The molecule has 3 aromatic carbocycles. The lowest BCUT2D eigenvalue weighted by atomic mass is 10.1. The number of hydrogen-bond donors (Lipinski definition) is 2. The van der Waals surface area contributed by atoms with E-state index in [0.29, 0.717) is 33.8 Å². The molecular weight excluding hydrogens is 392 g/mol. The standard InChI is InChI=1S/C24H20N4O3/c1-31-21-10-6-5-9-19(21)22-20(15-28(27-22)18-7-3-2-4-8-18)24(30)26-17-13-11-16(12-14-17)23(25)29/h2-15H,1H3,(H2,25,29)(H,26,30). The molecule has 0 radical (unpaired) electrons. The average Bonchev–Trinajstić information content (AvgIpc) is 3.25. The molecule has 4 aromatic rings. The van der Waals surface area contributed by atoms with Gasteiger partial charge in [-0.1, -0.05) is 30.3 Å². The normalized spacial score (nSPS) is 10.5. The molecule has 4 rings (SSSR count). The maximum absolute atomic E-state index is 13.2. The van der Waals surface area contributed by atoms with E-state index >= 15 is 0 Å². The van der Waals surface area contributed by atoms with E-state index in [1.54, 1.807) is 42.3 Å². The summed E-state index contributed by atoms with van der Waals surface area (Å²) in [6.07, 6.45) is 1.68. The number of rotatable bonds is 6. The van der Waals surface area contributed by atoms with Crippen LogP contribution in [0.4, 0.5) is 5.69 Å². The topological polar surface area (TPSA) is 99.2 Å². The van der Waals surface area contributed by atoms with Gasteiger partial charge in [-0.3, -0.25) is 9.59 Å². The molecule has 3 N–H and O–H groups in total. The first-order valence-electron chi connectivity index (χ1n) is 9.56. The Balaban J connectivity index is 1.75. The second kappa shape index (κ2) is 8.54. The highest BCUT2D eigenvalue weighted by Gasteiger charge is 2.21. The van der Waals surface area contributed by atoms with Crippen molar-refractivity contribution in [2.24, 2.45) is 5.73 Å². The monoisotopic (exact) mass is 412 g/mol. The molecule has 0 fully saturated rings. The fourth-order valence-corrected chi connectivity index (χ4v) is 3.21. The minimum Gasteiger partial charge on any atom is -0.496 e. The lowest BCUT2D eigenvalue weighted by molar-refractivity contribution is 0.0998. The highest BCUT2D eigenvalue weighted by Crippen LogP contribution is 2.32. The van der Waals surface area contributed by atoms with Crippen LogP contribution in [0.2, 0.25) is 0 Å². The van der Waals surface area contributed by atoms with Crippen molar-refractivity contribution in [2.75, 3.05) is 12.4 Å². The van der Waals surface area contributed by atoms with Crippen LogP contribution in [-0.4, -0.2) is 28.7 Å². The van der Waals surface area contributed by atoms with Crippen LogP contribution in [0.15, 0.2) is 85.1 Å². The van der Waals surface area contributed by atoms with Gasteiger partial charge in [0.15, 0.2) is 0 Å². The van der Waals surface area contributed by atoms with Crippen molar-refractivity contribution in [1.29, 1.82) is 0 Å². The van der Waals surface area contributed by atoms with Gasteiger partial charge in [-0.15, -0.1) is 0 Å². The molecular formula is C24H20N4O3. The Morgan fingerprint density at radius 3 is 2.29 bits per heavy atom. The molecule has 0 aliphatic rings. The number of methoxy groups -OCH3 is 1. The van der Waals surface area contributed by atoms with Crippen LogP contribution in [-0.2, 0) is 0 Å². The maximum Gasteiger partial charge on any atom is 0.259 e. The number of para-hydroxylation sites is 2. The molecule has 7 heteroatoms. The van der Waals surface area contributed by atoms with E-state index in [-0.39, 0.29) is 5.91 Å². The van der Waals surface area contributed by atoms with Crippen LogP contribution in [0.1, 0.15) is 20.7 Å². The van der Waals surface area contributed by atoms with Crippen LogP contribution >= 0.6 is 0 Å². The second-order valence-corrected chi connectivity index (χ2v) is 6.77. The molecule has 31 heavy (non-hydrogen) atoms. The molecule has 2 amide bonds. The fourth-order valence-electron chi connectivity index (χ4n) is 3.21. The SMILES string of the molecule is COc1ccccc1-c1nn(-c2ccccc2)cc1C(=O)Nc1ccc(C(N)=O)cc1. The number of amides is 2.